The monoisotopic (exact) mass is 381 g/mol. The van der Waals surface area contributed by atoms with Crippen LogP contribution in [0.15, 0.2) is 48.5 Å². The predicted molar refractivity (Wildman–Crippen MR) is 116 cm³/mol. The van der Waals surface area contributed by atoms with Crippen molar-refractivity contribution < 1.29 is 9.59 Å². The summed E-state index contributed by atoms with van der Waals surface area (Å²) in [6.07, 6.45) is 0. The van der Waals surface area contributed by atoms with Crippen LogP contribution in [0, 0.1) is 12.3 Å². The number of hydrogen-bond acceptors (Lipinski definition) is 3. The third-order valence-electron chi connectivity index (χ3n) is 4.57. The largest absolute Gasteiger partial charge is 0.370 e. The molecule has 0 radical (unpaired) electrons. The number of nitrogens with one attached hydrogen (secondary N) is 2. The van der Waals surface area contributed by atoms with Crippen LogP contribution < -0.4 is 15.5 Å². The molecule has 2 aromatic rings. The zero-order valence-corrected chi connectivity index (χ0v) is 17.5. The van der Waals surface area contributed by atoms with Crippen molar-refractivity contribution in [1.29, 1.82) is 0 Å². The van der Waals surface area contributed by atoms with Crippen LogP contribution >= 0.6 is 0 Å². The van der Waals surface area contributed by atoms with Crippen molar-refractivity contribution in [1.82, 2.24) is 5.32 Å². The average molecular weight is 382 g/mol. The number of nitrogens with zero attached hydrogens (tertiary/aromatic N) is 1. The summed E-state index contributed by atoms with van der Waals surface area (Å²) in [6, 6.07) is 15.3. The number of anilines is 2. The van der Waals surface area contributed by atoms with Crippen LogP contribution in [0.3, 0.4) is 0 Å². The van der Waals surface area contributed by atoms with Gasteiger partial charge in [0, 0.05) is 42.0 Å². The second-order valence-corrected chi connectivity index (χ2v) is 7.91. The summed E-state index contributed by atoms with van der Waals surface area (Å²) in [6.45, 7) is 11.9. The van der Waals surface area contributed by atoms with Crippen molar-refractivity contribution >= 4 is 23.2 Å². The molecule has 0 saturated heterocycles. The minimum absolute atomic E-state index is 0.0816. The van der Waals surface area contributed by atoms with Gasteiger partial charge in [0.05, 0.1) is 0 Å². The van der Waals surface area contributed by atoms with Gasteiger partial charge >= 0.3 is 0 Å². The highest BCUT2D eigenvalue weighted by Gasteiger charge is 2.21. The zero-order chi connectivity index (χ0) is 20.7. The lowest BCUT2D eigenvalue weighted by Gasteiger charge is -2.25. The number of para-hydroxylation sites is 1. The Hall–Kier alpha value is -2.82. The Balaban J connectivity index is 1.95. The van der Waals surface area contributed by atoms with Gasteiger partial charge in [0.25, 0.3) is 5.91 Å². The second kappa shape index (κ2) is 9.40. The fourth-order valence-electron chi connectivity index (χ4n) is 2.83. The third kappa shape index (κ3) is 5.84. The summed E-state index contributed by atoms with van der Waals surface area (Å²) in [5.74, 6) is -0.227. The molecule has 2 N–H and O–H groups in total. The van der Waals surface area contributed by atoms with E-state index in [-0.39, 0.29) is 11.8 Å². The average Bonchev–Trinajstić information content (AvgIpc) is 2.65. The van der Waals surface area contributed by atoms with Gasteiger partial charge in [-0.3, -0.25) is 9.59 Å². The van der Waals surface area contributed by atoms with Gasteiger partial charge in [-0.15, -0.1) is 0 Å². The van der Waals surface area contributed by atoms with E-state index in [1.54, 1.807) is 24.3 Å². The summed E-state index contributed by atoms with van der Waals surface area (Å²) in [7, 11) is 0. The molecule has 2 aromatic carbocycles. The van der Waals surface area contributed by atoms with Crippen LogP contribution in [0.1, 0.15) is 43.6 Å². The molecule has 2 rings (SSSR count). The van der Waals surface area contributed by atoms with Crippen LogP contribution in [0.2, 0.25) is 0 Å². The maximum Gasteiger partial charge on any atom is 0.251 e. The molecule has 0 heterocycles. The Kier molecular flexibility index (Phi) is 7.21. The van der Waals surface area contributed by atoms with Gasteiger partial charge in [-0.2, -0.15) is 0 Å². The lowest BCUT2D eigenvalue weighted by molar-refractivity contribution is -0.123. The first kappa shape index (κ1) is 21.5. The molecule has 0 spiro atoms. The molecular weight excluding hydrogens is 350 g/mol. The Morgan fingerprint density at radius 1 is 1.04 bits per heavy atom. The van der Waals surface area contributed by atoms with Gasteiger partial charge in [-0.05, 0) is 43.7 Å². The number of benzene rings is 2. The summed E-state index contributed by atoms with van der Waals surface area (Å²) >= 11 is 0. The first-order valence-corrected chi connectivity index (χ1v) is 9.72. The fourth-order valence-corrected chi connectivity index (χ4v) is 2.83. The van der Waals surface area contributed by atoms with Gasteiger partial charge in [0.1, 0.15) is 0 Å². The molecule has 0 bridgehead atoms. The molecular formula is C23H31N3O2. The van der Waals surface area contributed by atoms with Crippen molar-refractivity contribution in [3.63, 3.8) is 0 Å². The predicted octanol–water partition coefficient (Wildman–Crippen LogP) is 4.24. The summed E-state index contributed by atoms with van der Waals surface area (Å²) in [5, 5.41) is 5.83. The topological polar surface area (TPSA) is 61.4 Å². The van der Waals surface area contributed by atoms with Crippen molar-refractivity contribution in [2.75, 3.05) is 29.9 Å². The Morgan fingerprint density at radius 2 is 1.75 bits per heavy atom. The van der Waals surface area contributed by atoms with Gasteiger partial charge in [-0.25, -0.2) is 0 Å². The molecule has 5 heteroatoms. The standard InChI is InChI=1S/C23H31N3O2/c1-6-26(20-13-8-7-10-17(20)2)15-14-24-21(27)18-11-9-12-19(16-18)25-22(28)23(3,4)5/h7-13,16H,6,14-15H2,1-5H3,(H,24,27)(H,25,28). The highest BCUT2D eigenvalue weighted by Crippen LogP contribution is 2.19. The van der Waals surface area contributed by atoms with E-state index < -0.39 is 5.41 Å². The molecule has 0 fully saturated rings. The van der Waals surface area contributed by atoms with Gasteiger partial charge in [0.15, 0.2) is 0 Å². The molecule has 0 aliphatic heterocycles. The van der Waals surface area contributed by atoms with E-state index in [9.17, 15) is 9.59 Å². The van der Waals surface area contributed by atoms with Crippen molar-refractivity contribution in [3.8, 4) is 0 Å². The van der Waals surface area contributed by atoms with E-state index in [0.717, 1.165) is 13.1 Å². The summed E-state index contributed by atoms with van der Waals surface area (Å²) < 4.78 is 0. The molecule has 0 aromatic heterocycles. The van der Waals surface area contributed by atoms with Crippen molar-refractivity contribution in [2.45, 2.75) is 34.6 Å². The fraction of sp³-hybridized carbons (Fsp3) is 0.391. The van der Waals surface area contributed by atoms with Crippen molar-refractivity contribution in [2.24, 2.45) is 5.41 Å². The lowest BCUT2D eigenvalue weighted by Crippen LogP contribution is -2.35. The highest BCUT2D eigenvalue weighted by molar-refractivity contribution is 5.98. The Morgan fingerprint density at radius 3 is 2.39 bits per heavy atom. The first-order chi connectivity index (χ1) is 13.2. The van der Waals surface area contributed by atoms with Crippen LogP contribution in [-0.2, 0) is 4.79 Å². The van der Waals surface area contributed by atoms with E-state index in [2.05, 4.69) is 41.5 Å². The first-order valence-electron chi connectivity index (χ1n) is 9.72. The molecule has 28 heavy (non-hydrogen) atoms. The molecule has 150 valence electrons. The van der Waals surface area contributed by atoms with Gasteiger partial charge < -0.3 is 15.5 Å². The van der Waals surface area contributed by atoms with E-state index in [1.165, 1.54) is 11.3 Å². The number of carbonyl (C=O) groups excluding carboxylic acids is 2. The molecule has 0 atom stereocenters. The maximum atomic E-state index is 12.5. The number of aryl methyl sites for hydroxylation is 1. The lowest BCUT2D eigenvalue weighted by atomic mass is 9.95. The van der Waals surface area contributed by atoms with Crippen LogP contribution in [0.5, 0.6) is 0 Å². The highest BCUT2D eigenvalue weighted by atomic mass is 16.2. The summed E-state index contributed by atoms with van der Waals surface area (Å²) in [5.41, 5.74) is 3.08. The van der Waals surface area contributed by atoms with E-state index in [0.29, 0.717) is 17.8 Å². The minimum Gasteiger partial charge on any atom is -0.370 e. The minimum atomic E-state index is -0.489. The van der Waals surface area contributed by atoms with Crippen LogP contribution in [-0.4, -0.2) is 31.4 Å². The number of likely N-dealkylation sites (N-methyl/N-ethyl adjacent to an activating group) is 1. The van der Waals surface area contributed by atoms with Crippen LogP contribution in [0.25, 0.3) is 0 Å². The van der Waals surface area contributed by atoms with Gasteiger partial charge in [-0.1, -0.05) is 45.0 Å². The van der Waals surface area contributed by atoms with E-state index in [1.807, 2.05) is 32.9 Å². The number of amides is 2. The molecule has 0 aliphatic carbocycles. The molecule has 2 amide bonds. The SMILES string of the molecule is CCN(CCNC(=O)c1cccc(NC(=O)C(C)(C)C)c1)c1ccccc1C. The normalized spacial score (nSPS) is 11.0. The molecule has 0 unspecified atom stereocenters. The number of rotatable bonds is 7. The zero-order valence-electron chi connectivity index (χ0n) is 17.5. The van der Waals surface area contributed by atoms with Crippen LogP contribution in [0.4, 0.5) is 11.4 Å². The Labute approximate surface area is 168 Å². The third-order valence-corrected chi connectivity index (χ3v) is 4.57. The van der Waals surface area contributed by atoms with E-state index >= 15 is 0 Å². The quantitative estimate of drug-likeness (QED) is 0.754. The molecule has 5 nitrogen and oxygen atoms in total. The molecule has 0 saturated carbocycles. The van der Waals surface area contributed by atoms with Crippen molar-refractivity contribution in [3.05, 3.63) is 59.7 Å². The number of carbonyl (C=O) groups is 2. The maximum absolute atomic E-state index is 12.5. The second-order valence-electron chi connectivity index (χ2n) is 7.91. The van der Waals surface area contributed by atoms with E-state index in [4.69, 9.17) is 0 Å². The summed E-state index contributed by atoms with van der Waals surface area (Å²) in [4.78, 5) is 26.9. The number of hydrogen-bond donors (Lipinski definition) is 2. The Bertz CT molecular complexity index is 825. The smallest absolute Gasteiger partial charge is 0.251 e. The van der Waals surface area contributed by atoms with Gasteiger partial charge in [0.2, 0.25) is 5.91 Å². The molecule has 0 aliphatic rings.